The lowest BCUT2D eigenvalue weighted by Crippen LogP contribution is -2.62. The number of ether oxygens (including phenoxy) is 1. The number of nitrogens with one attached hydrogen (secondary N) is 1. The Morgan fingerprint density at radius 3 is 2.74 bits per heavy atom. The van der Waals surface area contributed by atoms with Crippen molar-refractivity contribution < 1.29 is 14.6 Å². The van der Waals surface area contributed by atoms with Crippen molar-refractivity contribution in [2.75, 3.05) is 5.43 Å². The Kier molecular flexibility index (Phi) is 3.37. The summed E-state index contributed by atoms with van der Waals surface area (Å²) in [6, 6.07) is 3.53. The van der Waals surface area contributed by atoms with Gasteiger partial charge in [0.1, 0.15) is 5.69 Å². The fourth-order valence-corrected chi connectivity index (χ4v) is 5.97. The minimum atomic E-state index is -0.648. The lowest BCUT2D eigenvalue weighted by atomic mass is 9.39. The van der Waals surface area contributed by atoms with Crippen LogP contribution in [-0.4, -0.2) is 27.8 Å². The number of anilines is 1. The van der Waals surface area contributed by atoms with Gasteiger partial charge in [0.2, 0.25) is 0 Å². The number of fused-ring (bicyclic) bond motifs is 1. The molecule has 0 aromatic heterocycles. The number of nitrogens with zero attached hydrogens (tertiary/aromatic N) is 3. The second kappa shape index (κ2) is 5.48. The van der Waals surface area contributed by atoms with Gasteiger partial charge >= 0.3 is 5.69 Å². The first kappa shape index (κ1) is 16.6. The van der Waals surface area contributed by atoms with Crippen LogP contribution in [-0.2, 0) is 4.74 Å². The lowest BCUT2D eigenvalue weighted by Gasteiger charge is -2.64. The minimum Gasteiger partial charge on any atom is -0.368 e. The molecule has 3 aliphatic carbocycles. The van der Waals surface area contributed by atoms with E-state index in [1.165, 1.54) is 37.8 Å². The van der Waals surface area contributed by atoms with E-state index in [0.717, 1.165) is 31.0 Å². The van der Waals surface area contributed by atoms with Gasteiger partial charge in [0.15, 0.2) is 0 Å². The molecule has 5 rings (SSSR count). The highest BCUT2D eigenvalue weighted by Gasteiger charge is 2.73. The number of nitro benzene ring substituents is 2. The molecule has 4 aliphatic rings. The predicted molar refractivity (Wildman–Crippen MR) is 96.7 cm³/mol. The number of rotatable bonds is 4. The first-order valence-electron chi connectivity index (χ1n) is 9.35. The van der Waals surface area contributed by atoms with Crippen molar-refractivity contribution >= 4 is 22.8 Å². The van der Waals surface area contributed by atoms with E-state index in [1.807, 2.05) is 0 Å². The molecule has 0 radical (unpaired) electrons. The summed E-state index contributed by atoms with van der Waals surface area (Å²) in [4.78, 5) is 20.9. The quantitative estimate of drug-likeness (QED) is 0.634. The zero-order chi connectivity index (χ0) is 18.8. The van der Waals surface area contributed by atoms with E-state index in [2.05, 4.69) is 10.5 Å². The highest BCUT2D eigenvalue weighted by Crippen LogP contribution is 2.74. The Balaban J connectivity index is 1.42. The Morgan fingerprint density at radius 1 is 1.15 bits per heavy atom. The number of nitro groups is 2. The summed E-state index contributed by atoms with van der Waals surface area (Å²) in [6.07, 6.45) is 8.25. The van der Waals surface area contributed by atoms with Crippen molar-refractivity contribution in [3.05, 3.63) is 38.4 Å². The molecule has 1 heterocycles. The van der Waals surface area contributed by atoms with Crippen LogP contribution in [0, 0.1) is 31.1 Å². The summed E-state index contributed by atoms with van der Waals surface area (Å²) in [6.45, 7) is 0. The van der Waals surface area contributed by atoms with Crippen LogP contribution in [0.3, 0.4) is 0 Å². The zero-order valence-electron chi connectivity index (χ0n) is 14.7. The number of benzene rings is 1. The third-order valence-corrected chi connectivity index (χ3v) is 7.26. The van der Waals surface area contributed by atoms with Crippen LogP contribution in [0.1, 0.15) is 44.9 Å². The van der Waals surface area contributed by atoms with Crippen molar-refractivity contribution in [2.45, 2.75) is 57.2 Å². The first-order chi connectivity index (χ1) is 12.9. The number of hydrogen-bond acceptors (Lipinski definition) is 7. The molecule has 0 unspecified atom stereocenters. The van der Waals surface area contributed by atoms with E-state index in [0.29, 0.717) is 11.5 Å². The maximum atomic E-state index is 11.3. The molecule has 9 nitrogen and oxygen atoms in total. The lowest BCUT2D eigenvalue weighted by molar-refractivity contribution is -0.393. The largest absolute Gasteiger partial charge is 0.368 e. The highest BCUT2D eigenvalue weighted by atomic mass is 16.6. The average Bonchev–Trinajstić information content (AvgIpc) is 2.78. The van der Waals surface area contributed by atoms with E-state index >= 15 is 0 Å². The molecule has 1 aromatic rings. The molecule has 1 aliphatic heterocycles. The van der Waals surface area contributed by atoms with Gasteiger partial charge in [-0.3, -0.25) is 25.7 Å². The van der Waals surface area contributed by atoms with Crippen molar-refractivity contribution in [3.8, 4) is 0 Å². The molecular weight excluding hydrogens is 352 g/mol. The maximum Gasteiger partial charge on any atom is 0.301 e. The van der Waals surface area contributed by atoms with Crippen LogP contribution in [0.15, 0.2) is 23.3 Å². The van der Waals surface area contributed by atoms with Gasteiger partial charge in [0.25, 0.3) is 5.69 Å². The molecule has 3 saturated carbocycles. The molecule has 9 heteroatoms. The van der Waals surface area contributed by atoms with Gasteiger partial charge in [-0.1, -0.05) is 12.8 Å². The predicted octanol–water partition coefficient (Wildman–Crippen LogP) is 3.78. The summed E-state index contributed by atoms with van der Waals surface area (Å²) < 4.78 is 6.24. The summed E-state index contributed by atoms with van der Waals surface area (Å²) in [5, 5.41) is 26.6. The Labute approximate surface area is 155 Å². The van der Waals surface area contributed by atoms with Crippen LogP contribution in [0.2, 0.25) is 0 Å². The molecule has 1 aromatic carbocycles. The van der Waals surface area contributed by atoms with Gasteiger partial charge in [-0.05, 0) is 43.6 Å². The van der Waals surface area contributed by atoms with Gasteiger partial charge < -0.3 is 4.74 Å². The van der Waals surface area contributed by atoms with E-state index in [-0.39, 0.29) is 28.6 Å². The highest BCUT2D eigenvalue weighted by molar-refractivity contribution is 5.92. The molecule has 4 atom stereocenters. The Morgan fingerprint density at radius 2 is 1.96 bits per heavy atom. The summed E-state index contributed by atoms with van der Waals surface area (Å²) in [7, 11) is 0. The zero-order valence-corrected chi connectivity index (χ0v) is 14.7. The van der Waals surface area contributed by atoms with Crippen LogP contribution >= 0.6 is 0 Å². The minimum absolute atomic E-state index is 0.0201. The molecule has 142 valence electrons. The third-order valence-electron chi connectivity index (χ3n) is 7.26. The molecular formula is C18H20N4O5. The fraction of sp³-hybridized carbons (Fsp3) is 0.611. The topological polar surface area (TPSA) is 120 Å². The molecule has 2 bridgehead atoms. The maximum absolute atomic E-state index is 11.3. The van der Waals surface area contributed by atoms with Crippen molar-refractivity contribution in [2.24, 2.45) is 15.9 Å². The van der Waals surface area contributed by atoms with Crippen LogP contribution in [0.25, 0.3) is 0 Å². The van der Waals surface area contributed by atoms with Gasteiger partial charge in [-0.25, -0.2) is 0 Å². The standard InChI is InChI=1S/C18H20N4O5/c23-21(24)11-3-4-12(14(7-11)22(25)26)19-20-13-8-17-5-1-2-6-18(17)9-15(13)27-16(18)10-17/h3-4,7,15-16,19H,1-2,5-6,8-10H2/b20-13-/t15-,16+,17-,18+/m0/s1. The average molecular weight is 372 g/mol. The van der Waals surface area contributed by atoms with Gasteiger partial charge in [-0.2, -0.15) is 5.10 Å². The first-order valence-corrected chi connectivity index (χ1v) is 9.35. The third kappa shape index (κ3) is 2.17. The number of hydrazone groups is 1. The van der Waals surface area contributed by atoms with Crippen LogP contribution in [0.4, 0.5) is 17.1 Å². The Bertz CT molecular complexity index is 887. The summed E-state index contributed by atoms with van der Waals surface area (Å²) in [5.41, 5.74) is 3.80. The van der Waals surface area contributed by atoms with Crippen LogP contribution < -0.4 is 5.43 Å². The van der Waals surface area contributed by atoms with Gasteiger partial charge in [0.05, 0.1) is 33.8 Å². The SMILES string of the molecule is O=[N+]([O-])c1ccc(N/N=C2/C[C@]34CCCC[C@]35C[C@@H]2O[C@@H]5C4)c([N+](=O)[O-])c1. The van der Waals surface area contributed by atoms with E-state index in [9.17, 15) is 20.2 Å². The molecule has 1 spiro atoms. The summed E-state index contributed by atoms with van der Waals surface area (Å²) in [5.74, 6) is 0. The van der Waals surface area contributed by atoms with Gasteiger partial charge in [0, 0.05) is 11.5 Å². The van der Waals surface area contributed by atoms with E-state index in [1.54, 1.807) is 0 Å². The second-order valence-corrected chi connectivity index (χ2v) is 8.27. The Hall–Kier alpha value is -2.55. The van der Waals surface area contributed by atoms with Gasteiger partial charge in [-0.15, -0.1) is 0 Å². The van der Waals surface area contributed by atoms with Crippen molar-refractivity contribution in [1.82, 2.24) is 0 Å². The van der Waals surface area contributed by atoms with Crippen molar-refractivity contribution in [3.63, 3.8) is 0 Å². The summed E-state index contributed by atoms with van der Waals surface area (Å²) >= 11 is 0. The number of non-ortho nitro benzene ring substituents is 1. The van der Waals surface area contributed by atoms with E-state index < -0.39 is 9.85 Å². The molecule has 27 heavy (non-hydrogen) atoms. The second-order valence-electron chi connectivity index (χ2n) is 8.27. The van der Waals surface area contributed by atoms with Crippen LogP contribution in [0.5, 0.6) is 0 Å². The molecule has 1 saturated heterocycles. The fourth-order valence-electron chi connectivity index (χ4n) is 5.97. The van der Waals surface area contributed by atoms with Crippen molar-refractivity contribution in [1.29, 1.82) is 0 Å². The van der Waals surface area contributed by atoms with E-state index in [4.69, 9.17) is 4.74 Å². The number of hydrogen-bond donors (Lipinski definition) is 1. The molecule has 0 amide bonds. The smallest absolute Gasteiger partial charge is 0.301 e. The monoisotopic (exact) mass is 372 g/mol. The molecule has 4 fully saturated rings. The molecule has 1 N–H and O–H groups in total. The normalized spacial score (nSPS) is 37.4.